The molecule has 1 aliphatic heterocycles. The second-order valence-electron chi connectivity index (χ2n) is 7.82. The Hall–Kier alpha value is -2.28. The minimum absolute atomic E-state index is 0.118. The third-order valence-corrected chi connectivity index (χ3v) is 5.18. The number of carbonyl (C=O) groups is 1. The van der Waals surface area contributed by atoms with Gasteiger partial charge in [0.25, 0.3) is 0 Å². The molecule has 0 spiro atoms. The highest BCUT2D eigenvalue weighted by Gasteiger charge is 2.21. The quantitative estimate of drug-likeness (QED) is 0.394. The highest BCUT2D eigenvalue weighted by molar-refractivity contribution is 5.80. The van der Waals surface area contributed by atoms with E-state index in [0.29, 0.717) is 24.9 Å². The number of hydrogen-bond acceptors (Lipinski definition) is 4. The number of aryl methyl sites for hydroxylation is 2. The molecule has 1 aromatic carbocycles. The third kappa shape index (κ3) is 7.57. The second kappa shape index (κ2) is 11.7. The molecular formula is C22H37N5O2. The first-order chi connectivity index (χ1) is 13.9. The number of rotatable bonds is 8. The fourth-order valence-electron chi connectivity index (χ4n) is 3.58. The third-order valence-electron chi connectivity index (χ3n) is 5.18. The van der Waals surface area contributed by atoms with Crippen molar-refractivity contribution in [3.63, 3.8) is 0 Å². The molecule has 4 N–H and O–H groups in total. The van der Waals surface area contributed by atoms with Crippen LogP contribution < -0.4 is 16.0 Å². The summed E-state index contributed by atoms with van der Waals surface area (Å²) in [7, 11) is 0. The number of aliphatic imine (C=N–C) groups is 1. The summed E-state index contributed by atoms with van der Waals surface area (Å²) < 4.78 is 0. The smallest absolute Gasteiger partial charge is 0.234 e. The Morgan fingerprint density at radius 1 is 1.17 bits per heavy atom. The fourth-order valence-corrected chi connectivity index (χ4v) is 3.58. The number of guanidine groups is 1. The summed E-state index contributed by atoms with van der Waals surface area (Å²) in [4.78, 5) is 18.8. The standard InChI is InChI=1S/C22H37N5O2/c1-5-9-24-20(28)15-27-10-7-19(8-11-27)26-22(23-6-2)25-14-18-12-16(3)21(29)17(4)13-18/h12-13,19,29H,5-11,14-15H2,1-4H3,(H,24,28)(H2,23,25,26). The molecule has 0 aromatic heterocycles. The number of nitrogens with zero attached hydrogens (tertiary/aromatic N) is 2. The molecule has 0 radical (unpaired) electrons. The maximum absolute atomic E-state index is 11.9. The van der Waals surface area contributed by atoms with E-state index in [1.54, 1.807) is 0 Å². The van der Waals surface area contributed by atoms with E-state index in [0.717, 1.165) is 68.1 Å². The summed E-state index contributed by atoms with van der Waals surface area (Å²) in [6.45, 7) is 12.4. The molecule has 1 aliphatic rings. The first kappa shape index (κ1) is 23.0. The van der Waals surface area contributed by atoms with Gasteiger partial charge in [0.2, 0.25) is 5.91 Å². The molecule has 0 atom stereocenters. The summed E-state index contributed by atoms with van der Waals surface area (Å²) in [5, 5.41) is 19.7. The van der Waals surface area contributed by atoms with E-state index in [1.165, 1.54) is 0 Å². The molecule has 7 nitrogen and oxygen atoms in total. The Bertz CT molecular complexity index is 673. The summed E-state index contributed by atoms with van der Waals surface area (Å²) in [6, 6.07) is 4.32. The van der Waals surface area contributed by atoms with Crippen LogP contribution in [0.3, 0.4) is 0 Å². The van der Waals surface area contributed by atoms with Gasteiger partial charge in [-0.2, -0.15) is 0 Å². The molecule has 1 aromatic rings. The van der Waals surface area contributed by atoms with Crippen LogP contribution in [0, 0.1) is 13.8 Å². The zero-order valence-corrected chi connectivity index (χ0v) is 18.3. The van der Waals surface area contributed by atoms with E-state index in [2.05, 4.69) is 34.7 Å². The van der Waals surface area contributed by atoms with Gasteiger partial charge in [0, 0.05) is 32.2 Å². The Kier molecular flexibility index (Phi) is 9.25. The monoisotopic (exact) mass is 403 g/mol. The average Bonchev–Trinajstić information content (AvgIpc) is 2.70. The van der Waals surface area contributed by atoms with Gasteiger partial charge in [0.1, 0.15) is 5.75 Å². The van der Waals surface area contributed by atoms with Gasteiger partial charge < -0.3 is 21.1 Å². The number of phenols is 1. The van der Waals surface area contributed by atoms with E-state index < -0.39 is 0 Å². The molecule has 0 bridgehead atoms. The Balaban J connectivity index is 1.86. The number of phenolic OH excluding ortho intramolecular Hbond substituents is 1. The molecule has 0 saturated carbocycles. The van der Waals surface area contributed by atoms with Crippen LogP contribution in [0.4, 0.5) is 0 Å². The number of hydrogen-bond donors (Lipinski definition) is 4. The van der Waals surface area contributed by atoms with Gasteiger partial charge in [-0.15, -0.1) is 0 Å². The number of nitrogens with one attached hydrogen (secondary N) is 3. The normalized spacial score (nSPS) is 15.9. The van der Waals surface area contributed by atoms with Crippen LogP contribution >= 0.6 is 0 Å². The number of carbonyl (C=O) groups excluding carboxylic acids is 1. The minimum Gasteiger partial charge on any atom is -0.507 e. The van der Waals surface area contributed by atoms with Crippen molar-refractivity contribution in [2.24, 2.45) is 4.99 Å². The number of aromatic hydroxyl groups is 1. The molecule has 1 heterocycles. The van der Waals surface area contributed by atoms with Gasteiger partial charge in [0.05, 0.1) is 13.1 Å². The van der Waals surface area contributed by atoms with Crippen LogP contribution in [0.2, 0.25) is 0 Å². The van der Waals surface area contributed by atoms with E-state index in [4.69, 9.17) is 4.99 Å². The highest BCUT2D eigenvalue weighted by atomic mass is 16.3. The predicted molar refractivity (Wildman–Crippen MR) is 118 cm³/mol. The largest absolute Gasteiger partial charge is 0.507 e. The second-order valence-corrected chi connectivity index (χ2v) is 7.82. The zero-order chi connectivity index (χ0) is 21.2. The van der Waals surface area contributed by atoms with Crippen LogP contribution in [-0.4, -0.2) is 60.6 Å². The van der Waals surface area contributed by atoms with Gasteiger partial charge in [-0.1, -0.05) is 19.1 Å². The molecule has 1 amide bonds. The number of piperidine rings is 1. The lowest BCUT2D eigenvalue weighted by molar-refractivity contribution is -0.122. The fraction of sp³-hybridized carbons (Fsp3) is 0.636. The molecule has 162 valence electrons. The van der Waals surface area contributed by atoms with Crippen molar-refractivity contribution >= 4 is 11.9 Å². The van der Waals surface area contributed by atoms with Crippen molar-refractivity contribution in [1.29, 1.82) is 0 Å². The van der Waals surface area contributed by atoms with Crippen LogP contribution in [0.15, 0.2) is 17.1 Å². The Labute approximate surface area is 175 Å². The Morgan fingerprint density at radius 2 is 1.83 bits per heavy atom. The van der Waals surface area contributed by atoms with Crippen LogP contribution in [0.25, 0.3) is 0 Å². The van der Waals surface area contributed by atoms with Gasteiger partial charge >= 0.3 is 0 Å². The first-order valence-electron chi connectivity index (χ1n) is 10.8. The summed E-state index contributed by atoms with van der Waals surface area (Å²) in [5.74, 6) is 1.29. The van der Waals surface area contributed by atoms with Crippen molar-refractivity contribution in [3.8, 4) is 5.75 Å². The topological polar surface area (TPSA) is 89.0 Å². The first-order valence-corrected chi connectivity index (χ1v) is 10.8. The lowest BCUT2D eigenvalue weighted by atomic mass is 10.1. The van der Waals surface area contributed by atoms with Crippen molar-refractivity contribution < 1.29 is 9.90 Å². The molecule has 0 aliphatic carbocycles. The summed E-state index contributed by atoms with van der Waals surface area (Å²) >= 11 is 0. The zero-order valence-electron chi connectivity index (χ0n) is 18.3. The van der Waals surface area contributed by atoms with Gasteiger partial charge in [0.15, 0.2) is 5.96 Å². The van der Waals surface area contributed by atoms with Gasteiger partial charge in [-0.3, -0.25) is 9.69 Å². The molecule has 1 saturated heterocycles. The lowest BCUT2D eigenvalue weighted by Crippen LogP contribution is -2.50. The molecule has 7 heteroatoms. The molecular weight excluding hydrogens is 366 g/mol. The van der Waals surface area contributed by atoms with E-state index in [9.17, 15) is 9.90 Å². The van der Waals surface area contributed by atoms with E-state index in [-0.39, 0.29) is 5.91 Å². The van der Waals surface area contributed by atoms with Crippen LogP contribution in [0.5, 0.6) is 5.75 Å². The highest BCUT2D eigenvalue weighted by Crippen LogP contribution is 2.23. The van der Waals surface area contributed by atoms with Crippen molar-refractivity contribution in [1.82, 2.24) is 20.9 Å². The minimum atomic E-state index is 0.118. The van der Waals surface area contributed by atoms with Crippen molar-refractivity contribution in [2.45, 2.75) is 59.5 Å². The van der Waals surface area contributed by atoms with Crippen LogP contribution in [0.1, 0.15) is 49.8 Å². The molecule has 29 heavy (non-hydrogen) atoms. The van der Waals surface area contributed by atoms with Gasteiger partial charge in [-0.05, 0) is 56.7 Å². The van der Waals surface area contributed by atoms with Crippen molar-refractivity contribution in [3.05, 3.63) is 28.8 Å². The Morgan fingerprint density at radius 3 is 2.41 bits per heavy atom. The van der Waals surface area contributed by atoms with Crippen LogP contribution in [-0.2, 0) is 11.3 Å². The lowest BCUT2D eigenvalue weighted by Gasteiger charge is -2.32. The molecule has 2 rings (SSSR count). The molecule has 1 fully saturated rings. The average molecular weight is 404 g/mol. The number of benzene rings is 1. The maximum atomic E-state index is 11.9. The van der Waals surface area contributed by atoms with Gasteiger partial charge in [-0.25, -0.2) is 4.99 Å². The van der Waals surface area contributed by atoms with Crippen molar-refractivity contribution in [2.75, 3.05) is 32.7 Å². The predicted octanol–water partition coefficient (Wildman–Crippen LogP) is 2.05. The summed E-state index contributed by atoms with van der Waals surface area (Å²) in [5.41, 5.74) is 2.84. The SMILES string of the molecule is CCCNC(=O)CN1CCC(NC(=NCc2cc(C)c(O)c(C)c2)NCC)CC1. The van der Waals surface area contributed by atoms with E-state index in [1.807, 2.05) is 26.0 Å². The maximum Gasteiger partial charge on any atom is 0.234 e. The molecule has 0 unspecified atom stereocenters. The number of likely N-dealkylation sites (tertiary alicyclic amines) is 1. The number of amides is 1. The van der Waals surface area contributed by atoms with E-state index >= 15 is 0 Å². The summed E-state index contributed by atoms with van der Waals surface area (Å²) in [6.07, 6.45) is 2.94.